The summed E-state index contributed by atoms with van der Waals surface area (Å²) in [5, 5.41) is 13.4. The van der Waals surface area contributed by atoms with Gasteiger partial charge < -0.3 is 21.1 Å². The van der Waals surface area contributed by atoms with Crippen LogP contribution in [-0.4, -0.2) is 27.2 Å². The minimum Gasteiger partial charge on any atom is -0.494 e. The maximum absolute atomic E-state index is 14.4. The second kappa shape index (κ2) is 5.21. The zero-order chi connectivity index (χ0) is 14.3. The van der Waals surface area contributed by atoms with Gasteiger partial charge in [0.2, 0.25) is 0 Å². The summed E-state index contributed by atoms with van der Waals surface area (Å²) in [7, 11) is 0. The van der Waals surface area contributed by atoms with Crippen LogP contribution in [-0.2, 0) is 0 Å². The number of aromatic nitrogens is 2. The van der Waals surface area contributed by atoms with Crippen molar-refractivity contribution >= 4 is 32.5 Å². The lowest BCUT2D eigenvalue weighted by atomic mass is 9.91. The predicted molar refractivity (Wildman–Crippen MR) is 79.3 cm³/mol. The average Bonchev–Trinajstić information content (AvgIpc) is 2.81. The summed E-state index contributed by atoms with van der Waals surface area (Å²) < 4.78 is 14.8. The topological polar surface area (TPSA) is 87.0 Å². The number of halogens is 2. The molecule has 5 N–H and O–H groups in total. The lowest BCUT2D eigenvalue weighted by Crippen LogP contribution is -2.42. The Hall–Kier alpha value is -1.34. The Labute approximate surface area is 123 Å². The Morgan fingerprint density at radius 2 is 2.20 bits per heavy atom. The molecule has 0 bridgehead atoms. The molecule has 1 fully saturated rings. The van der Waals surface area contributed by atoms with Crippen molar-refractivity contribution in [2.45, 2.75) is 37.8 Å². The lowest BCUT2D eigenvalue weighted by molar-refractivity contribution is 0.402. The number of rotatable bonds is 2. The average molecular weight is 343 g/mol. The van der Waals surface area contributed by atoms with E-state index in [2.05, 4.69) is 31.2 Å². The van der Waals surface area contributed by atoms with Crippen molar-refractivity contribution in [3.63, 3.8) is 0 Å². The molecule has 1 aliphatic rings. The largest absolute Gasteiger partial charge is 0.494 e. The van der Waals surface area contributed by atoms with Crippen molar-refractivity contribution < 1.29 is 9.50 Å². The summed E-state index contributed by atoms with van der Waals surface area (Å²) in [6, 6.07) is 0.0432. The predicted octanol–water partition coefficient (Wildman–Crippen LogP) is 2.85. The summed E-state index contributed by atoms with van der Waals surface area (Å²) in [6.07, 6.45) is 5.48. The molecular formula is C13H16BrFN4O. The number of nitrogens with zero attached hydrogens (tertiary/aromatic N) is 1. The Kier molecular flexibility index (Phi) is 3.55. The SMILES string of the molecule is N[C@H]1CCCC[C@H]1Nc1nc(Br)c2c(O)[nH]cc2c1F. The molecule has 0 aromatic carbocycles. The van der Waals surface area contributed by atoms with Crippen LogP contribution in [0.3, 0.4) is 0 Å². The van der Waals surface area contributed by atoms with Crippen molar-refractivity contribution in [2.24, 2.45) is 5.73 Å². The summed E-state index contributed by atoms with van der Waals surface area (Å²) in [5.41, 5.74) is 6.06. The number of nitrogens with one attached hydrogen (secondary N) is 2. The van der Waals surface area contributed by atoms with E-state index in [0.29, 0.717) is 15.4 Å². The smallest absolute Gasteiger partial charge is 0.199 e. The Morgan fingerprint density at radius 1 is 1.45 bits per heavy atom. The highest BCUT2D eigenvalue weighted by Crippen LogP contribution is 2.35. The van der Waals surface area contributed by atoms with Crippen molar-refractivity contribution in [3.8, 4) is 5.88 Å². The Bertz CT molecular complexity index is 645. The number of hydrogen-bond acceptors (Lipinski definition) is 4. The van der Waals surface area contributed by atoms with Crippen LogP contribution >= 0.6 is 15.9 Å². The van der Waals surface area contributed by atoms with Gasteiger partial charge in [0.05, 0.1) is 5.39 Å². The molecule has 1 aliphatic carbocycles. The molecule has 2 aromatic heterocycles. The second-order valence-electron chi connectivity index (χ2n) is 5.19. The number of pyridine rings is 1. The van der Waals surface area contributed by atoms with Crippen molar-refractivity contribution in [1.29, 1.82) is 0 Å². The summed E-state index contributed by atoms with van der Waals surface area (Å²) >= 11 is 3.26. The van der Waals surface area contributed by atoms with Gasteiger partial charge >= 0.3 is 0 Å². The molecule has 0 aliphatic heterocycles. The van der Waals surface area contributed by atoms with E-state index in [1.54, 1.807) is 0 Å². The van der Waals surface area contributed by atoms with Crippen LogP contribution in [0.1, 0.15) is 25.7 Å². The molecule has 0 radical (unpaired) electrons. The maximum Gasteiger partial charge on any atom is 0.199 e. The van der Waals surface area contributed by atoms with E-state index in [9.17, 15) is 9.50 Å². The van der Waals surface area contributed by atoms with Gasteiger partial charge in [-0.2, -0.15) is 0 Å². The van der Waals surface area contributed by atoms with Crippen LogP contribution in [0.4, 0.5) is 10.2 Å². The molecule has 108 valence electrons. The molecule has 20 heavy (non-hydrogen) atoms. The van der Waals surface area contributed by atoms with Gasteiger partial charge in [-0.1, -0.05) is 12.8 Å². The van der Waals surface area contributed by atoms with Crippen molar-refractivity contribution in [2.75, 3.05) is 5.32 Å². The number of aromatic hydroxyl groups is 1. The van der Waals surface area contributed by atoms with Crippen LogP contribution < -0.4 is 11.1 Å². The van der Waals surface area contributed by atoms with Crippen LogP contribution in [0.5, 0.6) is 5.88 Å². The number of H-pyrrole nitrogens is 1. The second-order valence-corrected chi connectivity index (χ2v) is 5.94. The van der Waals surface area contributed by atoms with E-state index in [4.69, 9.17) is 5.73 Å². The van der Waals surface area contributed by atoms with E-state index in [0.717, 1.165) is 25.7 Å². The van der Waals surface area contributed by atoms with Gasteiger partial charge in [-0.25, -0.2) is 9.37 Å². The maximum atomic E-state index is 14.4. The summed E-state index contributed by atoms with van der Waals surface area (Å²) in [6.45, 7) is 0. The Balaban J connectivity index is 1.97. The minimum absolute atomic E-state index is 0.0130. The summed E-state index contributed by atoms with van der Waals surface area (Å²) in [5.74, 6) is -0.401. The van der Waals surface area contributed by atoms with Gasteiger partial charge in [-0.15, -0.1) is 0 Å². The highest BCUT2D eigenvalue weighted by molar-refractivity contribution is 9.10. The van der Waals surface area contributed by atoms with Gasteiger partial charge in [0.15, 0.2) is 17.5 Å². The lowest BCUT2D eigenvalue weighted by Gasteiger charge is -2.29. The highest BCUT2D eigenvalue weighted by Gasteiger charge is 2.24. The standard InChI is InChI=1S/C13H16BrFN4O/c14-11-9-6(5-17-13(9)20)10(15)12(19-11)18-8-4-2-1-3-7(8)16/h5,7-8,17-18,20H,1-4,16H2/t7-,8+/m0/s1. The quantitative estimate of drug-likeness (QED) is 0.632. The van der Waals surface area contributed by atoms with E-state index >= 15 is 0 Å². The first-order valence-electron chi connectivity index (χ1n) is 6.65. The van der Waals surface area contributed by atoms with Crippen LogP contribution in [0.25, 0.3) is 10.8 Å². The number of hydrogen-bond donors (Lipinski definition) is 4. The van der Waals surface area contributed by atoms with Crippen LogP contribution in [0.2, 0.25) is 0 Å². The first-order valence-corrected chi connectivity index (χ1v) is 7.44. The molecule has 0 spiro atoms. The molecule has 0 amide bonds. The van der Waals surface area contributed by atoms with Crippen LogP contribution in [0.15, 0.2) is 10.8 Å². The first-order chi connectivity index (χ1) is 9.58. The molecule has 1 saturated carbocycles. The van der Waals surface area contributed by atoms with E-state index in [-0.39, 0.29) is 23.8 Å². The Morgan fingerprint density at radius 3 is 2.95 bits per heavy atom. The molecule has 2 atom stereocenters. The van der Waals surface area contributed by atoms with Gasteiger partial charge in [-0.3, -0.25) is 0 Å². The molecule has 2 heterocycles. The van der Waals surface area contributed by atoms with Gasteiger partial charge in [0, 0.05) is 23.7 Å². The number of aromatic amines is 1. The van der Waals surface area contributed by atoms with E-state index < -0.39 is 5.82 Å². The molecule has 5 nitrogen and oxygen atoms in total. The van der Waals surface area contributed by atoms with Crippen molar-refractivity contribution in [1.82, 2.24) is 9.97 Å². The molecular weight excluding hydrogens is 327 g/mol. The zero-order valence-electron chi connectivity index (χ0n) is 10.8. The fourth-order valence-corrected chi connectivity index (χ4v) is 3.31. The van der Waals surface area contributed by atoms with E-state index in [1.807, 2.05) is 0 Å². The number of anilines is 1. The van der Waals surface area contributed by atoms with Crippen molar-refractivity contribution in [3.05, 3.63) is 16.6 Å². The van der Waals surface area contributed by atoms with Gasteiger partial charge in [-0.05, 0) is 28.8 Å². The molecule has 7 heteroatoms. The highest BCUT2D eigenvalue weighted by atomic mass is 79.9. The minimum atomic E-state index is -0.475. The molecule has 0 unspecified atom stereocenters. The van der Waals surface area contributed by atoms with Gasteiger partial charge in [0.1, 0.15) is 4.60 Å². The third-order valence-electron chi connectivity index (χ3n) is 3.86. The fraction of sp³-hybridized carbons (Fsp3) is 0.462. The number of nitrogens with two attached hydrogens (primary N) is 1. The monoisotopic (exact) mass is 342 g/mol. The third-order valence-corrected chi connectivity index (χ3v) is 4.44. The molecule has 0 saturated heterocycles. The molecule has 2 aromatic rings. The fourth-order valence-electron chi connectivity index (χ4n) is 2.74. The van der Waals surface area contributed by atoms with Gasteiger partial charge in [0.25, 0.3) is 0 Å². The summed E-state index contributed by atoms with van der Waals surface area (Å²) in [4.78, 5) is 6.75. The normalized spacial score (nSPS) is 23.1. The van der Waals surface area contributed by atoms with E-state index in [1.165, 1.54) is 6.20 Å². The molecule has 3 rings (SSSR count). The number of fused-ring (bicyclic) bond motifs is 1. The van der Waals surface area contributed by atoms with Crippen LogP contribution in [0, 0.1) is 5.82 Å². The zero-order valence-corrected chi connectivity index (χ0v) is 12.4. The third kappa shape index (κ3) is 2.25. The first kappa shape index (κ1) is 13.6.